The number of anilines is 1. The zero-order valence-corrected chi connectivity index (χ0v) is 18.2. The third kappa shape index (κ3) is 5.15. The van der Waals surface area contributed by atoms with E-state index in [-0.39, 0.29) is 53.1 Å². The summed E-state index contributed by atoms with van der Waals surface area (Å²) < 4.78 is 1.11. The van der Waals surface area contributed by atoms with Crippen molar-refractivity contribution in [3.8, 4) is 0 Å². The third-order valence-electron chi connectivity index (χ3n) is 4.73. The minimum absolute atomic E-state index is 0.0216. The van der Waals surface area contributed by atoms with Crippen LogP contribution in [0.15, 0.2) is 52.1 Å². The van der Waals surface area contributed by atoms with E-state index in [9.17, 15) is 19.2 Å². The quantitative estimate of drug-likeness (QED) is 0.562. The number of benzene rings is 2. The van der Waals surface area contributed by atoms with E-state index in [4.69, 9.17) is 23.2 Å². The number of hydrogen-bond donors (Lipinski definition) is 2. The molecule has 0 saturated carbocycles. The van der Waals surface area contributed by atoms with Gasteiger partial charge in [0.05, 0.1) is 39.6 Å². The molecule has 0 saturated heterocycles. The Kier molecular flexibility index (Phi) is 7.14. The summed E-state index contributed by atoms with van der Waals surface area (Å²) in [5.41, 5.74) is -0.525. The number of nitrogens with one attached hydrogen (secondary N) is 2. The molecule has 8 nitrogen and oxygen atoms in total. The molecule has 3 rings (SSSR count). The van der Waals surface area contributed by atoms with Crippen molar-refractivity contribution in [1.82, 2.24) is 14.7 Å². The van der Waals surface area contributed by atoms with Crippen LogP contribution in [0.25, 0.3) is 10.8 Å². The molecule has 0 atom stereocenters. The number of aromatic amines is 1. The molecule has 3 aromatic rings. The first-order chi connectivity index (χ1) is 14.8. The topological polar surface area (TPSA) is 104 Å². The Bertz CT molecular complexity index is 1230. The zero-order chi connectivity index (χ0) is 22.5. The van der Waals surface area contributed by atoms with Gasteiger partial charge in [0.2, 0.25) is 11.8 Å². The van der Waals surface area contributed by atoms with Gasteiger partial charge in [0.15, 0.2) is 0 Å². The highest BCUT2D eigenvalue weighted by atomic mass is 35.5. The lowest BCUT2D eigenvalue weighted by molar-refractivity contribution is -0.134. The molecule has 0 aliphatic carbocycles. The molecular weight excluding hydrogens is 443 g/mol. The van der Waals surface area contributed by atoms with Crippen LogP contribution in [0.3, 0.4) is 0 Å². The number of halogens is 2. The maximum Gasteiger partial charge on any atom is 0.273 e. The van der Waals surface area contributed by atoms with Gasteiger partial charge in [-0.05, 0) is 31.2 Å². The van der Waals surface area contributed by atoms with E-state index >= 15 is 0 Å². The highest BCUT2D eigenvalue weighted by molar-refractivity contribution is 6.39. The number of amides is 2. The normalized spacial score (nSPS) is 10.8. The molecule has 2 amide bonds. The Morgan fingerprint density at radius 3 is 2.32 bits per heavy atom. The molecule has 2 N–H and O–H groups in total. The van der Waals surface area contributed by atoms with Gasteiger partial charge in [-0.2, -0.15) is 0 Å². The maximum absolute atomic E-state index is 12.6. The van der Waals surface area contributed by atoms with E-state index < -0.39 is 17.0 Å². The van der Waals surface area contributed by atoms with E-state index in [1.807, 2.05) is 0 Å². The fraction of sp³-hybridized carbons (Fsp3) is 0.238. The first-order valence-electron chi connectivity index (χ1n) is 9.55. The number of likely N-dealkylation sites (N-methyl/N-ethyl adjacent to an activating group) is 1. The molecule has 0 aliphatic rings. The molecule has 0 bridgehead atoms. The minimum atomic E-state index is -0.457. The van der Waals surface area contributed by atoms with Crippen molar-refractivity contribution in [1.29, 1.82) is 0 Å². The molecule has 0 fully saturated rings. The van der Waals surface area contributed by atoms with E-state index in [1.165, 1.54) is 4.90 Å². The summed E-state index contributed by atoms with van der Waals surface area (Å²) in [6.45, 7) is 1.79. The summed E-state index contributed by atoms with van der Waals surface area (Å²) in [5, 5.41) is 6.24. The average Bonchev–Trinajstić information content (AvgIpc) is 2.76. The summed E-state index contributed by atoms with van der Waals surface area (Å²) in [6, 6.07) is 11.3. The predicted molar refractivity (Wildman–Crippen MR) is 121 cm³/mol. The summed E-state index contributed by atoms with van der Waals surface area (Å²) in [5.74, 6) is -0.801. The number of aromatic nitrogens is 2. The van der Waals surface area contributed by atoms with Crippen LogP contribution in [0.1, 0.15) is 13.3 Å². The Morgan fingerprint density at radius 2 is 1.68 bits per heavy atom. The van der Waals surface area contributed by atoms with E-state index in [1.54, 1.807) is 49.4 Å². The average molecular weight is 463 g/mol. The van der Waals surface area contributed by atoms with Crippen molar-refractivity contribution in [2.45, 2.75) is 19.9 Å². The standard InChI is InChI=1S/C21H20Cl2N4O4/c1-2-26(12-17(28)24-19-15(22)8-5-9-16(19)23)18(29)10-11-27-21(31)14-7-4-3-6-13(14)20(30)25-27/h3-9H,2,10-12H2,1H3,(H,24,28)(H,25,30). The molecule has 31 heavy (non-hydrogen) atoms. The van der Waals surface area contributed by atoms with Gasteiger partial charge < -0.3 is 10.2 Å². The maximum atomic E-state index is 12.6. The van der Waals surface area contributed by atoms with E-state index in [2.05, 4.69) is 10.4 Å². The molecule has 1 heterocycles. The van der Waals surface area contributed by atoms with Gasteiger partial charge in [-0.25, -0.2) is 4.68 Å². The first-order valence-corrected chi connectivity index (χ1v) is 10.3. The Labute approximate surface area is 187 Å². The van der Waals surface area contributed by atoms with Gasteiger partial charge in [0.25, 0.3) is 11.1 Å². The second kappa shape index (κ2) is 9.80. The van der Waals surface area contributed by atoms with Crippen LogP contribution in [-0.2, 0) is 16.1 Å². The van der Waals surface area contributed by atoms with Gasteiger partial charge >= 0.3 is 0 Å². The Morgan fingerprint density at radius 1 is 1.03 bits per heavy atom. The van der Waals surface area contributed by atoms with Crippen molar-refractivity contribution in [3.63, 3.8) is 0 Å². The smallest absolute Gasteiger partial charge is 0.273 e. The van der Waals surface area contributed by atoms with Gasteiger partial charge in [-0.15, -0.1) is 0 Å². The van der Waals surface area contributed by atoms with Crippen molar-refractivity contribution in [2.24, 2.45) is 0 Å². The summed E-state index contributed by atoms with van der Waals surface area (Å²) >= 11 is 12.1. The fourth-order valence-electron chi connectivity index (χ4n) is 3.12. The summed E-state index contributed by atoms with van der Waals surface area (Å²) in [6.07, 6.45) is -0.0673. The van der Waals surface area contributed by atoms with Crippen molar-refractivity contribution in [2.75, 3.05) is 18.4 Å². The lowest BCUT2D eigenvalue weighted by atomic mass is 10.2. The number of rotatable bonds is 7. The lowest BCUT2D eigenvalue weighted by Gasteiger charge is -2.21. The number of nitrogens with zero attached hydrogens (tertiary/aromatic N) is 2. The number of carbonyl (C=O) groups excluding carboxylic acids is 2. The van der Waals surface area contributed by atoms with E-state index in [0.717, 1.165) is 4.68 Å². The molecule has 0 aliphatic heterocycles. The van der Waals surface area contributed by atoms with Crippen LogP contribution in [0, 0.1) is 0 Å². The molecule has 0 spiro atoms. The van der Waals surface area contributed by atoms with Gasteiger partial charge in [-0.1, -0.05) is 41.4 Å². The molecule has 2 aromatic carbocycles. The van der Waals surface area contributed by atoms with Crippen LogP contribution in [0.4, 0.5) is 5.69 Å². The second-order valence-electron chi connectivity index (χ2n) is 6.75. The molecule has 162 valence electrons. The lowest BCUT2D eigenvalue weighted by Crippen LogP contribution is -2.39. The number of H-pyrrole nitrogens is 1. The molecular formula is C21H20Cl2N4O4. The third-order valence-corrected chi connectivity index (χ3v) is 5.36. The molecule has 0 unspecified atom stereocenters. The number of para-hydroxylation sites is 1. The number of carbonyl (C=O) groups is 2. The Hall–Kier alpha value is -3.10. The zero-order valence-electron chi connectivity index (χ0n) is 16.7. The van der Waals surface area contributed by atoms with Crippen LogP contribution in [0.5, 0.6) is 0 Å². The van der Waals surface area contributed by atoms with Crippen LogP contribution in [0.2, 0.25) is 10.0 Å². The van der Waals surface area contributed by atoms with Crippen molar-refractivity contribution >= 4 is 51.5 Å². The largest absolute Gasteiger partial charge is 0.334 e. The monoisotopic (exact) mass is 462 g/mol. The minimum Gasteiger partial charge on any atom is -0.334 e. The first kappa shape index (κ1) is 22.6. The fourth-order valence-corrected chi connectivity index (χ4v) is 3.61. The van der Waals surface area contributed by atoms with Gasteiger partial charge in [0.1, 0.15) is 0 Å². The van der Waals surface area contributed by atoms with Crippen LogP contribution >= 0.6 is 23.2 Å². The van der Waals surface area contributed by atoms with Crippen molar-refractivity contribution < 1.29 is 9.59 Å². The van der Waals surface area contributed by atoms with Crippen LogP contribution < -0.4 is 16.4 Å². The molecule has 10 heteroatoms. The highest BCUT2D eigenvalue weighted by Crippen LogP contribution is 2.29. The van der Waals surface area contributed by atoms with Crippen LogP contribution in [-0.4, -0.2) is 39.6 Å². The summed E-state index contributed by atoms with van der Waals surface area (Å²) in [4.78, 5) is 51.1. The second-order valence-corrected chi connectivity index (χ2v) is 7.56. The number of hydrogen-bond acceptors (Lipinski definition) is 4. The highest BCUT2D eigenvalue weighted by Gasteiger charge is 2.18. The predicted octanol–water partition coefficient (Wildman–Crippen LogP) is 2.87. The summed E-state index contributed by atoms with van der Waals surface area (Å²) in [7, 11) is 0. The van der Waals surface area contributed by atoms with Crippen molar-refractivity contribution in [3.05, 3.63) is 73.2 Å². The SMILES string of the molecule is CCN(CC(=O)Nc1c(Cl)cccc1Cl)C(=O)CCn1[nH]c(=O)c2ccccc2c1=O. The van der Waals surface area contributed by atoms with Gasteiger partial charge in [-0.3, -0.25) is 24.3 Å². The molecule has 1 aromatic heterocycles. The molecule has 0 radical (unpaired) electrons. The Balaban J connectivity index is 1.67. The van der Waals surface area contributed by atoms with E-state index in [0.29, 0.717) is 5.39 Å². The van der Waals surface area contributed by atoms with Gasteiger partial charge in [0, 0.05) is 13.0 Å². The number of aryl methyl sites for hydroxylation is 1. The number of fused-ring (bicyclic) bond motifs is 1.